The summed E-state index contributed by atoms with van der Waals surface area (Å²) in [6.45, 7) is 3.36. The lowest BCUT2D eigenvalue weighted by Gasteiger charge is -2.28. The molecule has 0 radical (unpaired) electrons. The zero-order valence-corrected chi connectivity index (χ0v) is 18.8. The van der Waals surface area contributed by atoms with Crippen LogP contribution in [0.5, 0.6) is 0 Å². The fourth-order valence-electron chi connectivity index (χ4n) is 4.22. The third-order valence-electron chi connectivity index (χ3n) is 5.90. The van der Waals surface area contributed by atoms with E-state index in [1.54, 1.807) is 10.9 Å². The molecule has 34 heavy (non-hydrogen) atoms. The van der Waals surface area contributed by atoms with Crippen LogP contribution >= 0.6 is 0 Å². The molecule has 5 aromatic rings. The van der Waals surface area contributed by atoms with Crippen molar-refractivity contribution >= 4 is 23.0 Å². The second kappa shape index (κ2) is 8.60. The van der Waals surface area contributed by atoms with Gasteiger partial charge in [-0.05, 0) is 24.3 Å². The SMILES string of the molecule is Cn1cc(-c2c(-c3ccccc3)ncc3nc(Nc4ccc(N5CCOCC5)cc4)nn23)cn1. The van der Waals surface area contributed by atoms with Gasteiger partial charge in [-0.15, -0.1) is 5.10 Å². The molecule has 0 bridgehead atoms. The van der Waals surface area contributed by atoms with Gasteiger partial charge in [-0.2, -0.15) is 10.1 Å². The van der Waals surface area contributed by atoms with Gasteiger partial charge >= 0.3 is 0 Å². The number of aryl methyl sites for hydroxylation is 1. The van der Waals surface area contributed by atoms with Crippen LogP contribution in [-0.2, 0) is 11.8 Å². The molecule has 9 nitrogen and oxygen atoms in total. The first-order valence-electron chi connectivity index (χ1n) is 11.2. The summed E-state index contributed by atoms with van der Waals surface area (Å²) in [7, 11) is 1.90. The van der Waals surface area contributed by atoms with Crippen LogP contribution in [0.15, 0.2) is 73.2 Å². The summed E-state index contributed by atoms with van der Waals surface area (Å²) >= 11 is 0. The van der Waals surface area contributed by atoms with Crippen molar-refractivity contribution in [2.45, 2.75) is 0 Å². The van der Waals surface area contributed by atoms with E-state index in [-0.39, 0.29) is 0 Å². The van der Waals surface area contributed by atoms with Gasteiger partial charge in [0.2, 0.25) is 5.95 Å². The first-order chi connectivity index (χ1) is 16.7. The molecule has 0 spiro atoms. The molecule has 1 aliphatic heterocycles. The fraction of sp³-hybridized carbons (Fsp3) is 0.200. The molecule has 0 unspecified atom stereocenters. The molecule has 0 aliphatic carbocycles. The van der Waals surface area contributed by atoms with Gasteiger partial charge in [0.15, 0.2) is 5.65 Å². The molecule has 1 N–H and O–H groups in total. The van der Waals surface area contributed by atoms with Gasteiger partial charge < -0.3 is 15.0 Å². The predicted molar refractivity (Wildman–Crippen MR) is 131 cm³/mol. The summed E-state index contributed by atoms with van der Waals surface area (Å²) in [5.74, 6) is 0.510. The summed E-state index contributed by atoms with van der Waals surface area (Å²) in [4.78, 5) is 11.7. The van der Waals surface area contributed by atoms with Gasteiger partial charge in [0.1, 0.15) is 5.69 Å². The summed E-state index contributed by atoms with van der Waals surface area (Å²) in [5.41, 5.74) is 6.37. The summed E-state index contributed by atoms with van der Waals surface area (Å²) in [6.07, 6.45) is 5.53. The van der Waals surface area contributed by atoms with Gasteiger partial charge in [0.05, 0.1) is 31.3 Å². The Kier molecular flexibility index (Phi) is 5.15. The largest absolute Gasteiger partial charge is 0.378 e. The molecule has 4 heterocycles. The predicted octanol–water partition coefficient (Wildman–Crippen LogP) is 3.77. The van der Waals surface area contributed by atoms with Crippen LogP contribution in [-0.4, -0.2) is 55.7 Å². The third kappa shape index (κ3) is 3.86. The minimum atomic E-state index is 0.510. The quantitative estimate of drug-likeness (QED) is 0.434. The van der Waals surface area contributed by atoms with Crippen molar-refractivity contribution in [3.05, 3.63) is 73.2 Å². The van der Waals surface area contributed by atoms with Gasteiger partial charge in [-0.1, -0.05) is 30.3 Å². The molecular formula is C25H24N8O. The maximum Gasteiger partial charge on any atom is 0.247 e. The highest BCUT2D eigenvalue weighted by Gasteiger charge is 2.18. The van der Waals surface area contributed by atoms with Crippen LogP contribution in [0.4, 0.5) is 17.3 Å². The highest BCUT2D eigenvalue weighted by Crippen LogP contribution is 2.31. The maximum absolute atomic E-state index is 5.45. The van der Waals surface area contributed by atoms with Crippen molar-refractivity contribution in [2.75, 3.05) is 36.5 Å². The van der Waals surface area contributed by atoms with E-state index in [1.807, 2.05) is 66.4 Å². The minimum absolute atomic E-state index is 0.510. The zero-order valence-electron chi connectivity index (χ0n) is 18.8. The Hall–Kier alpha value is -4.24. The number of rotatable bonds is 5. The fourth-order valence-corrected chi connectivity index (χ4v) is 4.22. The molecule has 6 rings (SSSR count). The Bertz CT molecular complexity index is 1420. The molecule has 1 aliphatic rings. The lowest BCUT2D eigenvalue weighted by molar-refractivity contribution is 0.122. The van der Waals surface area contributed by atoms with E-state index in [0.29, 0.717) is 11.6 Å². The van der Waals surface area contributed by atoms with Gasteiger partial charge in [0.25, 0.3) is 0 Å². The number of aromatic nitrogens is 6. The van der Waals surface area contributed by atoms with E-state index in [4.69, 9.17) is 14.8 Å². The van der Waals surface area contributed by atoms with E-state index in [2.05, 4.69) is 32.4 Å². The number of morpholine rings is 1. The number of anilines is 3. The maximum atomic E-state index is 5.45. The van der Waals surface area contributed by atoms with E-state index < -0.39 is 0 Å². The Balaban J connectivity index is 1.36. The smallest absolute Gasteiger partial charge is 0.247 e. The van der Waals surface area contributed by atoms with E-state index in [0.717, 1.165) is 54.5 Å². The lowest BCUT2D eigenvalue weighted by Crippen LogP contribution is -2.36. The van der Waals surface area contributed by atoms with Gasteiger partial charge in [0, 0.05) is 48.8 Å². The summed E-state index contributed by atoms with van der Waals surface area (Å²) in [6, 6.07) is 18.4. The molecule has 9 heteroatoms. The van der Waals surface area contributed by atoms with Crippen molar-refractivity contribution in [3.63, 3.8) is 0 Å². The molecule has 2 aromatic carbocycles. The highest BCUT2D eigenvalue weighted by molar-refractivity contribution is 5.79. The first kappa shape index (κ1) is 20.4. The van der Waals surface area contributed by atoms with E-state index >= 15 is 0 Å². The molecule has 1 saturated heterocycles. The van der Waals surface area contributed by atoms with Gasteiger partial charge in [-0.25, -0.2) is 4.52 Å². The molecular weight excluding hydrogens is 428 g/mol. The Morgan fingerprint density at radius 1 is 0.912 bits per heavy atom. The number of nitrogens with zero attached hydrogens (tertiary/aromatic N) is 7. The normalized spacial score (nSPS) is 14.0. The Labute approximate surface area is 196 Å². The van der Waals surface area contributed by atoms with Crippen LogP contribution in [0.2, 0.25) is 0 Å². The lowest BCUT2D eigenvalue weighted by atomic mass is 10.1. The number of nitrogens with one attached hydrogen (secondary N) is 1. The monoisotopic (exact) mass is 452 g/mol. The number of ether oxygens (including phenoxy) is 1. The number of fused-ring (bicyclic) bond motifs is 1. The standard InChI is InChI=1S/C25H24N8O/c1-31-17-19(15-27-31)24-23(18-5-3-2-4-6-18)26-16-22-29-25(30-33(22)24)28-20-7-9-21(10-8-20)32-11-13-34-14-12-32/h2-10,15-17H,11-14H2,1H3,(H,28,30). The summed E-state index contributed by atoms with van der Waals surface area (Å²) in [5, 5.41) is 12.5. The van der Waals surface area contributed by atoms with Crippen LogP contribution in [0.1, 0.15) is 0 Å². The Morgan fingerprint density at radius 2 is 1.71 bits per heavy atom. The first-order valence-corrected chi connectivity index (χ1v) is 11.2. The average molecular weight is 453 g/mol. The van der Waals surface area contributed by atoms with Crippen molar-refractivity contribution in [3.8, 4) is 22.5 Å². The second-order valence-corrected chi connectivity index (χ2v) is 8.20. The molecule has 1 fully saturated rings. The number of benzene rings is 2. The van der Waals surface area contributed by atoms with Crippen LogP contribution < -0.4 is 10.2 Å². The Morgan fingerprint density at radius 3 is 2.44 bits per heavy atom. The van der Waals surface area contributed by atoms with Crippen molar-refractivity contribution in [1.29, 1.82) is 0 Å². The highest BCUT2D eigenvalue weighted by atomic mass is 16.5. The van der Waals surface area contributed by atoms with Gasteiger partial charge in [-0.3, -0.25) is 9.67 Å². The topological polar surface area (TPSA) is 85.4 Å². The zero-order chi connectivity index (χ0) is 22.9. The average Bonchev–Trinajstić information content (AvgIpc) is 3.50. The number of hydrogen-bond acceptors (Lipinski definition) is 7. The van der Waals surface area contributed by atoms with Crippen LogP contribution in [0.25, 0.3) is 28.2 Å². The van der Waals surface area contributed by atoms with E-state index in [1.165, 1.54) is 5.69 Å². The number of hydrogen-bond donors (Lipinski definition) is 1. The van der Waals surface area contributed by atoms with Crippen molar-refractivity contribution < 1.29 is 4.74 Å². The molecule has 3 aromatic heterocycles. The second-order valence-electron chi connectivity index (χ2n) is 8.20. The van der Waals surface area contributed by atoms with Crippen LogP contribution in [0.3, 0.4) is 0 Å². The minimum Gasteiger partial charge on any atom is -0.378 e. The molecule has 0 amide bonds. The summed E-state index contributed by atoms with van der Waals surface area (Å²) < 4.78 is 9.05. The van der Waals surface area contributed by atoms with Crippen molar-refractivity contribution in [1.82, 2.24) is 29.4 Å². The van der Waals surface area contributed by atoms with Crippen LogP contribution in [0, 0.1) is 0 Å². The third-order valence-corrected chi connectivity index (χ3v) is 5.90. The molecule has 170 valence electrons. The molecule has 0 saturated carbocycles. The molecule has 0 atom stereocenters. The van der Waals surface area contributed by atoms with E-state index in [9.17, 15) is 0 Å². The van der Waals surface area contributed by atoms with Crippen molar-refractivity contribution in [2.24, 2.45) is 7.05 Å².